The van der Waals surface area contributed by atoms with E-state index in [1.165, 1.54) is 19.2 Å². The number of nitrogens with zero attached hydrogens (tertiary/aromatic N) is 4. The van der Waals surface area contributed by atoms with Gasteiger partial charge in [0.1, 0.15) is 23.6 Å². The lowest BCUT2D eigenvalue weighted by molar-refractivity contribution is -0.0432. The predicted molar refractivity (Wildman–Crippen MR) is 121 cm³/mol. The number of ether oxygens (including phenoxy) is 1. The molecule has 0 unspecified atom stereocenters. The molecule has 0 saturated carbocycles. The lowest BCUT2D eigenvalue weighted by Gasteiger charge is -2.14. The van der Waals surface area contributed by atoms with E-state index in [0.29, 0.717) is 23.3 Å². The van der Waals surface area contributed by atoms with Crippen LogP contribution in [0.15, 0.2) is 24.5 Å². The number of hydrogen-bond donors (Lipinski definition) is 5. The van der Waals surface area contributed by atoms with Gasteiger partial charge in [0, 0.05) is 18.2 Å². The molecule has 6 N–H and O–H groups in total. The van der Waals surface area contributed by atoms with Crippen LogP contribution in [0.2, 0.25) is 0 Å². The number of phenols is 1. The van der Waals surface area contributed by atoms with Gasteiger partial charge in [-0.1, -0.05) is 32.3 Å². The minimum absolute atomic E-state index is 0.199. The molecule has 172 valence electrons. The first kappa shape index (κ1) is 22.3. The van der Waals surface area contributed by atoms with Crippen molar-refractivity contribution in [2.45, 2.75) is 63.9 Å². The number of hydrogen-bond acceptors (Lipinski definition) is 9. The molecule has 0 aliphatic carbocycles. The number of phenolic OH excluding ortho intramolecular Hbond substituents is 1. The second kappa shape index (κ2) is 9.68. The largest absolute Gasteiger partial charge is 0.508 e. The zero-order valence-electron chi connectivity index (χ0n) is 18.1. The van der Waals surface area contributed by atoms with Gasteiger partial charge in [0.15, 0.2) is 11.5 Å². The number of aliphatic hydroxyl groups is 2. The topological polar surface area (TPSA) is 152 Å². The maximum absolute atomic E-state index is 10.4. The van der Waals surface area contributed by atoms with Crippen LogP contribution < -0.4 is 11.1 Å². The number of fused-ring (bicyclic) bond motifs is 1. The maximum atomic E-state index is 10.4. The van der Waals surface area contributed by atoms with Crippen molar-refractivity contribution >= 4 is 28.6 Å². The summed E-state index contributed by atoms with van der Waals surface area (Å²) in [6.45, 7) is 1.90. The van der Waals surface area contributed by atoms with Crippen LogP contribution in [0.1, 0.15) is 50.8 Å². The van der Waals surface area contributed by atoms with Gasteiger partial charge in [-0.25, -0.2) is 4.98 Å². The van der Waals surface area contributed by atoms with E-state index in [1.54, 1.807) is 10.6 Å². The fourth-order valence-corrected chi connectivity index (χ4v) is 3.98. The highest BCUT2D eigenvalue weighted by molar-refractivity contribution is 5.83. The minimum atomic E-state index is -0.775. The van der Waals surface area contributed by atoms with Crippen LogP contribution >= 0.6 is 0 Å². The molecule has 2 aromatic heterocycles. The summed E-state index contributed by atoms with van der Waals surface area (Å²) in [4.78, 5) is 13.1. The molecule has 3 atom stereocenters. The van der Waals surface area contributed by atoms with Crippen molar-refractivity contribution in [3.8, 4) is 5.75 Å². The predicted octanol–water partition coefficient (Wildman–Crippen LogP) is 2.62. The van der Waals surface area contributed by atoms with Crippen LogP contribution in [0.5, 0.6) is 5.75 Å². The van der Waals surface area contributed by atoms with Gasteiger partial charge >= 0.3 is 0 Å². The highest BCUT2D eigenvalue weighted by atomic mass is 16.5. The van der Waals surface area contributed by atoms with Gasteiger partial charge in [-0.2, -0.15) is 9.97 Å². The summed E-state index contributed by atoms with van der Waals surface area (Å²) in [6.07, 6.45) is 5.29. The van der Waals surface area contributed by atoms with Gasteiger partial charge in [0.2, 0.25) is 5.95 Å². The molecule has 3 heterocycles. The molecular formula is C22H30N6O4. The number of unbranched alkanes of at least 4 members (excludes halogenated alkanes) is 3. The second-order valence-corrected chi connectivity index (χ2v) is 8.15. The zero-order valence-corrected chi connectivity index (χ0v) is 18.1. The van der Waals surface area contributed by atoms with E-state index in [4.69, 9.17) is 10.5 Å². The second-order valence-electron chi connectivity index (χ2n) is 8.15. The molecule has 1 aromatic carbocycles. The summed E-state index contributed by atoms with van der Waals surface area (Å²) in [5.41, 5.74) is 8.51. The smallest absolute Gasteiger partial charge is 0.231 e. The van der Waals surface area contributed by atoms with E-state index in [9.17, 15) is 15.3 Å². The number of nitrogens with two attached hydrogens (primary N) is 1. The Morgan fingerprint density at radius 3 is 2.81 bits per heavy atom. The Balaban J connectivity index is 1.53. The van der Waals surface area contributed by atoms with Gasteiger partial charge in [-0.05, 0) is 24.5 Å². The average Bonchev–Trinajstić information content (AvgIpc) is 3.36. The molecule has 3 aromatic rings. The van der Waals surface area contributed by atoms with E-state index in [2.05, 4.69) is 27.2 Å². The van der Waals surface area contributed by atoms with Crippen LogP contribution in [0.4, 0.5) is 17.5 Å². The third-order valence-electron chi connectivity index (χ3n) is 5.78. The number of rotatable bonds is 9. The Kier molecular flexibility index (Phi) is 6.73. The van der Waals surface area contributed by atoms with E-state index >= 15 is 0 Å². The Hall–Kier alpha value is -2.95. The molecule has 1 aliphatic heterocycles. The number of aryl methyl sites for hydroxylation is 1. The molecule has 10 nitrogen and oxygen atoms in total. The van der Waals surface area contributed by atoms with Gasteiger partial charge in [0.25, 0.3) is 0 Å². The highest BCUT2D eigenvalue weighted by Crippen LogP contribution is 2.32. The van der Waals surface area contributed by atoms with Crippen molar-refractivity contribution in [2.75, 3.05) is 17.7 Å². The monoisotopic (exact) mass is 442 g/mol. The number of anilines is 3. The van der Waals surface area contributed by atoms with Crippen molar-refractivity contribution < 1.29 is 20.1 Å². The van der Waals surface area contributed by atoms with E-state index in [-0.39, 0.29) is 24.1 Å². The first-order chi connectivity index (χ1) is 15.5. The van der Waals surface area contributed by atoms with E-state index in [1.807, 2.05) is 12.1 Å². The normalized spacial score (nSPS) is 20.8. The summed E-state index contributed by atoms with van der Waals surface area (Å²) in [5.74, 6) is 0.684. The molecule has 32 heavy (non-hydrogen) atoms. The fraction of sp³-hybridized carbons (Fsp3) is 0.500. The Bertz CT molecular complexity index is 1070. The Morgan fingerprint density at radius 1 is 1.25 bits per heavy atom. The van der Waals surface area contributed by atoms with Crippen LogP contribution in [0.25, 0.3) is 11.2 Å². The highest BCUT2D eigenvalue weighted by Gasteiger charge is 2.35. The fourth-order valence-electron chi connectivity index (χ4n) is 3.98. The summed E-state index contributed by atoms with van der Waals surface area (Å²) in [6, 6.07) is 5.43. The first-order valence-corrected chi connectivity index (χ1v) is 11.0. The number of aliphatic hydroxyl groups excluding tert-OH is 2. The summed E-state index contributed by atoms with van der Waals surface area (Å²) in [5, 5.41) is 32.9. The number of imidazole rings is 1. The molecule has 0 radical (unpaired) electrons. The molecule has 4 rings (SSSR count). The molecule has 1 aliphatic rings. The maximum Gasteiger partial charge on any atom is 0.231 e. The number of aromatic nitrogens is 4. The van der Waals surface area contributed by atoms with Gasteiger partial charge in [0.05, 0.1) is 19.0 Å². The summed E-state index contributed by atoms with van der Waals surface area (Å²) in [7, 11) is 0. The zero-order chi connectivity index (χ0) is 22.7. The van der Waals surface area contributed by atoms with Crippen molar-refractivity contribution in [3.05, 3.63) is 30.1 Å². The Labute approximate surface area is 186 Å². The molecule has 10 heteroatoms. The van der Waals surface area contributed by atoms with Crippen LogP contribution in [0, 0.1) is 0 Å². The number of nitrogens with one attached hydrogen (secondary N) is 1. The van der Waals surface area contributed by atoms with Gasteiger partial charge in [-0.15, -0.1) is 0 Å². The number of benzene rings is 1. The average molecular weight is 443 g/mol. The van der Waals surface area contributed by atoms with Crippen molar-refractivity contribution in [1.29, 1.82) is 0 Å². The third kappa shape index (κ3) is 4.62. The minimum Gasteiger partial charge on any atom is -0.508 e. The number of aromatic hydroxyl groups is 1. The molecule has 1 fully saturated rings. The lowest BCUT2D eigenvalue weighted by Crippen LogP contribution is -2.24. The van der Waals surface area contributed by atoms with Gasteiger partial charge < -0.3 is 31.1 Å². The van der Waals surface area contributed by atoms with Crippen LogP contribution in [0.3, 0.4) is 0 Å². The third-order valence-corrected chi connectivity index (χ3v) is 5.78. The molecule has 0 spiro atoms. The van der Waals surface area contributed by atoms with Crippen molar-refractivity contribution in [2.24, 2.45) is 0 Å². The molecule has 1 saturated heterocycles. The molecule has 0 bridgehead atoms. The van der Waals surface area contributed by atoms with Crippen LogP contribution in [-0.4, -0.2) is 53.7 Å². The Morgan fingerprint density at radius 2 is 2.09 bits per heavy atom. The van der Waals surface area contributed by atoms with Crippen molar-refractivity contribution in [1.82, 2.24) is 19.5 Å². The lowest BCUT2D eigenvalue weighted by atomic mass is 10.0. The molecular weight excluding hydrogens is 412 g/mol. The van der Waals surface area contributed by atoms with Gasteiger partial charge in [-0.3, -0.25) is 4.57 Å². The van der Waals surface area contributed by atoms with E-state index in [0.717, 1.165) is 24.8 Å². The molecule has 0 amide bonds. The summed E-state index contributed by atoms with van der Waals surface area (Å²) >= 11 is 0. The summed E-state index contributed by atoms with van der Waals surface area (Å²) < 4.78 is 7.39. The number of nitrogen functional groups attached to an aromatic ring is 1. The van der Waals surface area contributed by atoms with Crippen LogP contribution in [-0.2, 0) is 11.2 Å². The standard InChI is InChI=1S/C22H30N6O4/c1-2-3-4-5-6-13-7-8-14(9-15(13)30)25-22-26-20(23)19-21(27-22)28(12-24-19)18-10-16(31)17(11-29)32-18/h7-9,12,16-18,29-31H,2-6,10-11H2,1H3,(H3,23,25,26,27)/t16-,17+,18+/m0/s1. The SMILES string of the molecule is CCCCCCc1ccc(Nc2nc(N)c3ncn([C@H]4C[C@H](O)[C@@H](CO)O4)c3n2)cc1O. The quantitative estimate of drug-likeness (QED) is 0.315. The van der Waals surface area contributed by atoms with E-state index < -0.39 is 18.4 Å². The first-order valence-electron chi connectivity index (χ1n) is 11.0. The van der Waals surface area contributed by atoms with Crippen molar-refractivity contribution in [3.63, 3.8) is 0 Å².